The Kier molecular flexibility index (Phi) is 6.90. The smallest absolute Gasteiger partial charge is 0.0739 e. The van der Waals surface area contributed by atoms with Crippen molar-refractivity contribution < 1.29 is 0 Å². The van der Waals surface area contributed by atoms with E-state index in [4.69, 9.17) is 0 Å². The van der Waals surface area contributed by atoms with E-state index in [9.17, 15) is 0 Å². The second kappa shape index (κ2) is 10.2. The summed E-state index contributed by atoms with van der Waals surface area (Å²) in [5, 5.41) is 2.41. The van der Waals surface area contributed by atoms with Crippen LogP contribution < -0.4 is 0 Å². The molecule has 1 aliphatic carbocycles. The van der Waals surface area contributed by atoms with Crippen molar-refractivity contribution in [3.05, 3.63) is 94.6 Å². The Balaban J connectivity index is 1.43. The van der Waals surface area contributed by atoms with Gasteiger partial charge < -0.3 is 0 Å². The summed E-state index contributed by atoms with van der Waals surface area (Å²) in [6.45, 7) is 2.24. The van der Waals surface area contributed by atoms with E-state index in [1.165, 1.54) is 52.7 Å². The molecule has 0 N–H and O–H groups in total. The SMILES string of the molecule is CCCCCc1ccc(C#CC2=Cc3ccc(-c4ccc(N=C=S)cc4)cc3C2)cc1. The molecule has 0 spiro atoms. The highest BCUT2D eigenvalue weighted by atomic mass is 32.1. The zero-order valence-corrected chi connectivity index (χ0v) is 18.6. The third-order valence-electron chi connectivity index (χ3n) is 5.62. The highest BCUT2D eigenvalue weighted by Gasteiger charge is 2.12. The summed E-state index contributed by atoms with van der Waals surface area (Å²) < 4.78 is 0. The van der Waals surface area contributed by atoms with Crippen LogP contribution in [0.5, 0.6) is 0 Å². The van der Waals surface area contributed by atoms with E-state index in [1.807, 2.05) is 12.1 Å². The zero-order chi connectivity index (χ0) is 21.5. The van der Waals surface area contributed by atoms with Gasteiger partial charge in [-0.2, -0.15) is 4.99 Å². The minimum atomic E-state index is 0.827. The summed E-state index contributed by atoms with van der Waals surface area (Å²) in [6, 6.07) is 23.4. The standard InChI is InChI=1S/C29H25NS/c1-2-3-4-5-22-6-8-23(9-7-22)10-11-24-18-26-12-13-27(20-28(26)19-24)25-14-16-29(17-15-25)30-21-31/h6-9,12-18,20H,2-5,19H2,1H3. The van der Waals surface area contributed by atoms with Gasteiger partial charge in [0.05, 0.1) is 10.8 Å². The molecule has 31 heavy (non-hydrogen) atoms. The van der Waals surface area contributed by atoms with Crippen LogP contribution in [0.15, 0.2) is 77.3 Å². The highest BCUT2D eigenvalue weighted by Crippen LogP contribution is 2.30. The molecule has 0 atom stereocenters. The molecule has 0 radical (unpaired) electrons. The molecule has 152 valence electrons. The van der Waals surface area contributed by atoms with Gasteiger partial charge in [-0.3, -0.25) is 0 Å². The molecule has 0 fully saturated rings. The van der Waals surface area contributed by atoms with Crippen molar-refractivity contribution in [2.45, 2.75) is 39.0 Å². The van der Waals surface area contributed by atoms with Gasteiger partial charge in [-0.15, -0.1) is 0 Å². The van der Waals surface area contributed by atoms with Gasteiger partial charge in [-0.1, -0.05) is 74.1 Å². The zero-order valence-electron chi connectivity index (χ0n) is 17.8. The topological polar surface area (TPSA) is 12.4 Å². The average Bonchev–Trinajstić information content (AvgIpc) is 3.22. The van der Waals surface area contributed by atoms with E-state index in [1.54, 1.807) is 0 Å². The Morgan fingerprint density at radius 3 is 2.39 bits per heavy atom. The number of hydrogen-bond acceptors (Lipinski definition) is 2. The van der Waals surface area contributed by atoms with Crippen molar-refractivity contribution in [2.75, 3.05) is 0 Å². The molecule has 0 heterocycles. The maximum absolute atomic E-state index is 4.67. The fraction of sp³-hybridized carbons (Fsp3) is 0.207. The summed E-state index contributed by atoms with van der Waals surface area (Å²) in [7, 11) is 0. The van der Waals surface area contributed by atoms with E-state index in [0.29, 0.717) is 0 Å². The van der Waals surface area contributed by atoms with E-state index in [-0.39, 0.29) is 0 Å². The molecule has 0 unspecified atom stereocenters. The minimum Gasteiger partial charge on any atom is -0.195 e. The van der Waals surface area contributed by atoms with Crippen LogP contribution in [0.2, 0.25) is 0 Å². The molecular formula is C29H25NS. The summed E-state index contributed by atoms with van der Waals surface area (Å²) in [5.41, 5.74) is 9.45. The molecule has 1 nitrogen and oxygen atoms in total. The summed E-state index contributed by atoms with van der Waals surface area (Å²) in [4.78, 5) is 4.02. The number of benzene rings is 3. The Hall–Kier alpha value is -3.24. The maximum atomic E-state index is 4.67. The Morgan fingerprint density at radius 1 is 0.871 bits per heavy atom. The molecule has 2 heteroatoms. The van der Waals surface area contributed by atoms with E-state index in [0.717, 1.165) is 24.1 Å². The van der Waals surface area contributed by atoms with Gasteiger partial charge in [0.25, 0.3) is 0 Å². The largest absolute Gasteiger partial charge is 0.195 e. The van der Waals surface area contributed by atoms with Gasteiger partial charge in [0, 0.05) is 17.6 Å². The molecule has 0 aliphatic heterocycles. The van der Waals surface area contributed by atoms with Crippen LogP contribution in [0.3, 0.4) is 0 Å². The predicted molar refractivity (Wildman–Crippen MR) is 135 cm³/mol. The van der Waals surface area contributed by atoms with Crippen molar-refractivity contribution in [2.24, 2.45) is 4.99 Å². The number of allylic oxidation sites excluding steroid dienone is 1. The quantitative estimate of drug-likeness (QED) is 0.172. The number of aryl methyl sites for hydroxylation is 1. The van der Waals surface area contributed by atoms with Gasteiger partial charge in [0.2, 0.25) is 0 Å². The second-order valence-electron chi connectivity index (χ2n) is 7.91. The van der Waals surface area contributed by atoms with E-state index < -0.39 is 0 Å². The first-order valence-electron chi connectivity index (χ1n) is 10.9. The van der Waals surface area contributed by atoms with Crippen molar-refractivity contribution in [1.82, 2.24) is 0 Å². The van der Waals surface area contributed by atoms with Crippen molar-refractivity contribution >= 4 is 29.1 Å². The Labute approximate surface area is 190 Å². The van der Waals surface area contributed by atoms with Crippen molar-refractivity contribution in [3.63, 3.8) is 0 Å². The number of rotatable bonds is 6. The first-order chi connectivity index (χ1) is 15.2. The number of thiocarbonyl (C=S) groups is 1. The number of isothiocyanates is 1. The van der Waals surface area contributed by atoms with Crippen LogP contribution in [-0.2, 0) is 12.8 Å². The third kappa shape index (κ3) is 5.47. The molecule has 0 aromatic heterocycles. The number of hydrogen-bond donors (Lipinski definition) is 0. The monoisotopic (exact) mass is 419 g/mol. The summed E-state index contributed by atoms with van der Waals surface area (Å²) in [5.74, 6) is 6.72. The molecule has 3 aromatic carbocycles. The van der Waals surface area contributed by atoms with Gasteiger partial charge in [-0.05, 0) is 83.2 Å². The van der Waals surface area contributed by atoms with Crippen LogP contribution in [0.1, 0.15) is 48.4 Å². The number of fused-ring (bicyclic) bond motifs is 1. The number of aliphatic imine (C=N–C) groups is 1. The van der Waals surface area contributed by atoms with Crippen LogP contribution in [0.25, 0.3) is 17.2 Å². The normalized spacial score (nSPS) is 11.7. The molecule has 0 saturated carbocycles. The summed E-state index contributed by atoms with van der Waals surface area (Å²) in [6.07, 6.45) is 8.08. The lowest BCUT2D eigenvalue weighted by atomic mass is 10.00. The molecule has 4 rings (SSSR count). The lowest BCUT2D eigenvalue weighted by molar-refractivity contribution is 0.717. The average molecular weight is 420 g/mol. The highest BCUT2D eigenvalue weighted by molar-refractivity contribution is 7.78. The van der Waals surface area contributed by atoms with Gasteiger partial charge in [-0.25, -0.2) is 0 Å². The van der Waals surface area contributed by atoms with Crippen LogP contribution in [0.4, 0.5) is 5.69 Å². The van der Waals surface area contributed by atoms with Gasteiger partial charge in [0.15, 0.2) is 0 Å². The first kappa shape index (κ1) is 21.0. The van der Waals surface area contributed by atoms with E-state index in [2.05, 4.69) is 102 Å². The van der Waals surface area contributed by atoms with Crippen LogP contribution >= 0.6 is 12.2 Å². The maximum Gasteiger partial charge on any atom is 0.0739 e. The molecular weight excluding hydrogens is 394 g/mol. The molecule has 0 bridgehead atoms. The molecule has 3 aromatic rings. The van der Waals surface area contributed by atoms with Crippen LogP contribution in [0, 0.1) is 11.8 Å². The fourth-order valence-electron chi connectivity index (χ4n) is 3.87. The van der Waals surface area contributed by atoms with Gasteiger partial charge in [0.1, 0.15) is 0 Å². The van der Waals surface area contributed by atoms with Gasteiger partial charge >= 0.3 is 0 Å². The predicted octanol–water partition coefficient (Wildman–Crippen LogP) is 7.81. The van der Waals surface area contributed by atoms with Crippen molar-refractivity contribution in [3.8, 4) is 23.0 Å². The first-order valence-corrected chi connectivity index (χ1v) is 11.3. The minimum absolute atomic E-state index is 0.827. The van der Waals surface area contributed by atoms with E-state index >= 15 is 0 Å². The fourth-order valence-corrected chi connectivity index (χ4v) is 3.98. The summed E-state index contributed by atoms with van der Waals surface area (Å²) >= 11 is 4.67. The number of nitrogens with zero attached hydrogens (tertiary/aromatic N) is 1. The third-order valence-corrected chi connectivity index (χ3v) is 5.71. The molecule has 0 saturated heterocycles. The lowest BCUT2D eigenvalue weighted by Gasteiger charge is -2.05. The Bertz CT molecular complexity index is 1200. The molecule has 0 amide bonds. The second-order valence-corrected chi connectivity index (χ2v) is 8.10. The molecule has 1 aliphatic rings. The lowest BCUT2D eigenvalue weighted by Crippen LogP contribution is -1.86. The Morgan fingerprint density at radius 2 is 1.65 bits per heavy atom. The van der Waals surface area contributed by atoms with Crippen molar-refractivity contribution in [1.29, 1.82) is 0 Å². The number of unbranched alkanes of at least 4 members (excludes halogenated alkanes) is 2. The van der Waals surface area contributed by atoms with Crippen LogP contribution in [-0.4, -0.2) is 5.16 Å².